The third-order valence-electron chi connectivity index (χ3n) is 4.77. The molecule has 2 aliphatic rings. The van der Waals surface area contributed by atoms with Gasteiger partial charge in [-0.25, -0.2) is 12.8 Å². The Labute approximate surface area is 132 Å². The summed E-state index contributed by atoms with van der Waals surface area (Å²) in [6.07, 6.45) is 0. The van der Waals surface area contributed by atoms with Gasteiger partial charge in [0.05, 0.1) is 9.37 Å². The lowest BCUT2D eigenvalue weighted by atomic mass is 9.85. The largest absolute Gasteiger partial charge is 0.316 e. The van der Waals surface area contributed by atoms with E-state index in [4.69, 9.17) is 0 Å². The fourth-order valence-corrected chi connectivity index (χ4v) is 5.69. The molecule has 116 valence electrons. The highest BCUT2D eigenvalue weighted by Crippen LogP contribution is 2.43. The molecule has 1 N–H and O–H groups in total. The fourth-order valence-electron chi connectivity index (χ4n) is 3.56. The molecule has 2 heterocycles. The summed E-state index contributed by atoms with van der Waals surface area (Å²) in [5.41, 5.74) is -0.462. The molecule has 2 unspecified atom stereocenters. The van der Waals surface area contributed by atoms with E-state index in [0.717, 1.165) is 19.2 Å². The van der Waals surface area contributed by atoms with Crippen molar-refractivity contribution >= 4 is 26.0 Å². The molecular weight excluding hydrogens is 359 g/mol. The quantitative estimate of drug-likeness (QED) is 0.860. The standard InChI is InChI=1S/C14H18BrFN2O2S/c1-14(2)11-7-17-6-9(11)8-18(14)21(19,20)10-3-4-12(15)13(16)5-10/h3-5,9,11,17H,6-8H2,1-2H3. The van der Waals surface area contributed by atoms with Crippen molar-refractivity contribution in [2.75, 3.05) is 19.6 Å². The Kier molecular flexibility index (Phi) is 3.67. The molecule has 7 heteroatoms. The van der Waals surface area contributed by atoms with Crippen LogP contribution in [0, 0.1) is 17.7 Å². The summed E-state index contributed by atoms with van der Waals surface area (Å²) in [6.45, 7) is 6.08. The summed E-state index contributed by atoms with van der Waals surface area (Å²) in [5, 5.41) is 3.32. The lowest BCUT2D eigenvalue weighted by Gasteiger charge is -2.34. The van der Waals surface area contributed by atoms with Crippen LogP contribution in [0.5, 0.6) is 0 Å². The summed E-state index contributed by atoms with van der Waals surface area (Å²) < 4.78 is 41.2. The van der Waals surface area contributed by atoms with Gasteiger partial charge in [-0.3, -0.25) is 0 Å². The molecular formula is C14H18BrFN2O2S. The maximum absolute atomic E-state index is 13.7. The van der Waals surface area contributed by atoms with E-state index in [9.17, 15) is 12.8 Å². The number of hydrogen-bond donors (Lipinski definition) is 1. The van der Waals surface area contributed by atoms with Gasteiger partial charge < -0.3 is 5.32 Å². The normalized spacial score (nSPS) is 28.8. The van der Waals surface area contributed by atoms with E-state index in [-0.39, 0.29) is 9.37 Å². The van der Waals surface area contributed by atoms with Crippen LogP contribution in [0.25, 0.3) is 0 Å². The molecule has 2 saturated heterocycles. The van der Waals surface area contributed by atoms with Crippen molar-refractivity contribution in [1.82, 2.24) is 9.62 Å². The van der Waals surface area contributed by atoms with Crippen molar-refractivity contribution in [3.8, 4) is 0 Å². The van der Waals surface area contributed by atoms with E-state index < -0.39 is 21.4 Å². The topological polar surface area (TPSA) is 49.4 Å². The molecule has 1 aromatic carbocycles. The Hall–Kier alpha value is -0.500. The molecule has 0 spiro atoms. The third kappa shape index (κ3) is 2.34. The Morgan fingerprint density at radius 1 is 1.38 bits per heavy atom. The lowest BCUT2D eigenvalue weighted by molar-refractivity contribution is 0.233. The zero-order valence-electron chi connectivity index (χ0n) is 11.9. The van der Waals surface area contributed by atoms with Gasteiger partial charge in [0.15, 0.2) is 0 Å². The fraction of sp³-hybridized carbons (Fsp3) is 0.571. The van der Waals surface area contributed by atoms with E-state index in [1.165, 1.54) is 12.1 Å². The molecule has 0 bridgehead atoms. The maximum atomic E-state index is 13.7. The number of benzene rings is 1. The van der Waals surface area contributed by atoms with Gasteiger partial charge in [0.2, 0.25) is 10.0 Å². The second kappa shape index (κ2) is 5.01. The van der Waals surface area contributed by atoms with Gasteiger partial charge in [0.25, 0.3) is 0 Å². The van der Waals surface area contributed by atoms with Crippen molar-refractivity contribution < 1.29 is 12.8 Å². The predicted molar refractivity (Wildman–Crippen MR) is 81.9 cm³/mol. The van der Waals surface area contributed by atoms with Crippen molar-refractivity contribution in [1.29, 1.82) is 0 Å². The highest BCUT2D eigenvalue weighted by Gasteiger charge is 2.54. The van der Waals surface area contributed by atoms with Crippen molar-refractivity contribution in [3.63, 3.8) is 0 Å². The van der Waals surface area contributed by atoms with Crippen molar-refractivity contribution in [2.24, 2.45) is 11.8 Å². The molecule has 0 radical (unpaired) electrons. The van der Waals surface area contributed by atoms with Crippen LogP contribution in [0.1, 0.15) is 13.8 Å². The van der Waals surface area contributed by atoms with E-state index in [0.29, 0.717) is 18.4 Å². The highest BCUT2D eigenvalue weighted by atomic mass is 79.9. The minimum absolute atomic E-state index is 0.0178. The van der Waals surface area contributed by atoms with Crippen LogP contribution in [-0.4, -0.2) is 37.9 Å². The number of hydrogen-bond acceptors (Lipinski definition) is 3. The van der Waals surface area contributed by atoms with Crippen molar-refractivity contribution in [2.45, 2.75) is 24.3 Å². The Balaban J connectivity index is 2.00. The van der Waals surface area contributed by atoms with Gasteiger partial charge in [-0.1, -0.05) is 0 Å². The Bertz CT molecular complexity index is 678. The summed E-state index contributed by atoms with van der Waals surface area (Å²) >= 11 is 3.05. The van der Waals surface area contributed by atoms with Crippen LogP contribution in [0.3, 0.4) is 0 Å². The van der Waals surface area contributed by atoms with Gasteiger partial charge in [-0.15, -0.1) is 0 Å². The summed E-state index contributed by atoms with van der Waals surface area (Å²) in [5.74, 6) is 0.0672. The first-order valence-corrected chi connectivity index (χ1v) is 9.16. The number of sulfonamides is 1. The van der Waals surface area contributed by atoms with Crippen molar-refractivity contribution in [3.05, 3.63) is 28.5 Å². The Morgan fingerprint density at radius 3 is 2.71 bits per heavy atom. The van der Waals surface area contributed by atoms with E-state index >= 15 is 0 Å². The maximum Gasteiger partial charge on any atom is 0.243 e. The monoisotopic (exact) mass is 376 g/mol. The molecule has 0 aliphatic carbocycles. The number of nitrogens with zero attached hydrogens (tertiary/aromatic N) is 1. The first-order chi connectivity index (χ1) is 9.74. The van der Waals surface area contributed by atoms with Gasteiger partial charge in [-0.05, 0) is 66.4 Å². The van der Waals surface area contributed by atoms with Gasteiger partial charge >= 0.3 is 0 Å². The predicted octanol–water partition coefficient (Wildman–Crippen LogP) is 2.21. The summed E-state index contributed by atoms with van der Waals surface area (Å²) in [6, 6.07) is 3.97. The summed E-state index contributed by atoms with van der Waals surface area (Å²) in [4.78, 5) is 0.0178. The molecule has 2 aliphatic heterocycles. The molecule has 0 amide bonds. The minimum atomic E-state index is -3.68. The first kappa shape index (κ1) is 15.4. The van der Waals surface area contributed by atoms with Gasteiger partial charge in [0.1, 0.15) is 5.82 Å². The van der Waals surface area contributed by atoms with Gasteiger partial charge in [0, 0.05) is 18.6 Å². The second-order valence-corrected chi connectivity index (χ2v) is 9.01. The molecule has 2 fully saturated rings. The van der Waals surface area contributed by atoms with E-state index in [2.05, 4.69) is 21.2 Å². The van der Waals surface area contributed by atoms with Crippen LogP contribution >= 0.6 is 15.9 Å². The molecule has 2 atom stereocenters. The van der Waals surface area contributed by atoms with Crippen LogP contribution in [0.2, 0.25) is 0 Å². The average Bonchev–Trinajstić information content (AvgIpc) is 2.95. The Morgan fingerprint density at radius 2 is 2.10 bits per heavy atom. The smallest absolute Gasteiger partial charge is 0.243 e. The zero-order valence-corrected chi connectivity index (χ0v) is 14.3. The number of nitrogens with one attached hydrogen (secondary N) is 1. The molecule has 1 aromatic rings. The van der Waals surface area contributed by atoms with Crippen LogP contribution in [-0.2, 0) is 10.0 Å². The molecule has 0 saturated carbocycles. The minimum Gasteiger partial charge on any atom is -0.316 e. The van der Waals surface area contributed by atoms with Gasteiger partial charge in [-0.2, -0.15) is 4.31 Å². The zero-order chi connectivity index (χ0) is 15.4. The SMILES string of the molecule is CC1(C)C2CNCC2CN1S(=O)(=O)c1ccc(Br)c(F)c1. The number of halogens is 2. The molecule has 4 nitrogen and oxygen atoms in total. The number of fused-ring (bicyclic) bond motifs is 1. The molecule has 0 aromatic heterocycles. The molecule has 3 rings (SSSR count). The molecule has 21 heavy (non-hydrogen) atoms. The first-order valence-electron chi connectivity index (χ1n) is 6.93. The third-order valence-corrected chi connectivity index (χ3v) is 7.46. The van der Waals surface area contributed by atoms with Crippen LogP contribution in [0.15, 0.2) is 27.6 Å². The van der Waals surface area contributed by atoms with Crippen LogP contribution in [0.4, 0.5) is 4.39 Å². The van der Waals surface area contributed by atoms with E-state index in [1.807, 2.05) is 13.8 Å². The van der Waals surface area contributed by atoms with E-state index in [1.54, 1.807) is 4.31 Å². The number of rotatable bonds is 2. The highest BCUT2D eigenvalue weighted by molar-refractivity contribution is 9.10. The second-order valence-electron chi connectivity index (χ2n) is 6.29. The lowest BCUT2D eigenvalue weighted by Crippen LogP contribution is -2.47. The van der Waals surface area contributed by atoms with Crippen LogP contribution < -0.4 is 5.32 Å². The average molecular weight is 377 g/mol. The summed E-state index contributed by atoms with van der Waals surface area (Å²) in [7, 11) is -3.68.